The van der Waals surface area contributed by atoms with Crippen molar-refractivity contribution in [1.29, 1.82) is 0 Å². The van der Waals surface area contributed by atoms with E-state index in [1.807, 2.05) is 0 Å². The van der Waals surface area contributed by atoms with E-state index in [2.05, 4.69) is 0 Å². The summed E-state index contributed by atoms with van der Waals surface area (Å²) in [5.41, 5.74) is 1.95. The van der Waals surface area contributed by atoms with Crippen LogP contribution in [0.4, 0.5) is 0 Å². The van der Waals surface area contributed by atoms with Gasteiger partial charge in [0.05, 0.1) is 5.56 Å². The highest BCUT2D eigenvalue weighted by molar-refractivity contribution is 6.30. The summed E-state index contributed by atoms with van der Waals surface area (Å²) in [4.78, 5) is 11.4. The molecule has 0 aliphatic heterocycles. The molecule has 0 amide bonds. The van der Waals surface area contributed by atoms with Crippen LogP contribution in [-0.4, -0.2) is 21.3 Å². The van der Waals surface area contributed by atoms with Crippen molar-refractivity contribution in [3.05, 3.63) is 58.1 Å². The number of phenolic OH excluding ortho intramolecular Hbond substituents is 2. The molecule has 0 unspecified atom stereocenters. The topological polar surface area (TPSA) is 77.8 Å². The first-order valence-corrected chi connectivity index (χ1v) is 8.38. The molecule has 5 heteroatoms. The summed E-state index contributed by atoms with van der Waals surface area (Å²) in [6.45, 7) is 0. The van der Waals surface area contributed by atoms with Crippen molar-refractivity contribution in [2.45, 2.75) is 37.5 Å². The van der Waals surface area contributed by atoms with Crippen molar-refractivity contribution in [3.63, 3.8) is 0 Å². The fourth-order valence-corrected chi connectivity index (χ4v) is 3.84. The van der Waals surface area contributed by atoms with E-state index in [9.17, 15) is 20.1 Å². The second-order valence-corrected chi connectivity index (χ2v) is 6.76. The normalized spacial score (nSPS) is 20.7. The van der Waals surface area contributed by atoms with Gasteiger partial charge in [0, 0.05) is 11.1 Å². The zero-order valence-electron chi connectivity index (χ0n) is 13.1. The maximum absolute atomic E-state index is 11.4. The van der Waals surface area contributed by atoms with Crippen LogP contribution in [0.2, 0.25) is 5.02 Å². The molecule has 0 bridgehead atoms. The number of phenols is 2. The lowest BCUT2D eigenvalue weighted by Crippen LogP contribution is -2.15. The molecular formula is C19H19ClO4. The number of rotatable bonds is 3. The van der Waals surface area contributed by atoms with Crippen molar-refractivity contribution in [2.75, 3.05) is 0 Å². The second-order valence-electron chi connectivity index (χ2n) is 6.33. The average Bonchev–Trinajstić information content (AvgIpc) is 2.55. The Morgan fingerprint density at radius 2 is 1.54 bits per heavy atom. The summed E-state index contributed by atoms with van der Waals surface area (Å²) in [5, 5.41) is 29.4. The molecule has 2 aromatic rings. The highest BCUT2D eigenvalue weighted by Crippen LogP contribution is 2.44. The third kappa shape index (κ3) is 3.34. The Bertz CT molecular complexity index is 764. The van der Waals surface area contributed by atoms with Crippen LogP contribution >= 0.6 is 11.6 Å². The van der Waals surface area contributed by atoms with Gasteiger partial charge in [-0.25, -0.2) is 4.79 Å². The largest absolute Gasteiger partial charge is 0.508 e. The Morgan fingerprint density at radius 1 is 0.917 bits per heavy atom. The fourth-order valence-electron chi connectivity index (χ4n) is 3.66. The standard InChI is InChI=1S/C19H19ClO4/c20-13-5-7-16(19(23)24)17(9-13)12-3-1-11(2-4-12)15-8-6-14(21)10-18(15)22/h5-12,21-22H,1-4H2,(H,23,24). The number of carboxylic acids is 1. The van der Waals surface area contributed by atoms with E-state index in [0.29, 0.717) is 10.6 Å². The lowest BCUT2D eigenvalue weighted by molar-refractivity contribution is 0.0694. The van der Waals surface area contributed by atoms with Gasteiger partial charge in [-0.2, -0.15) is 0 Å². The van der Waals surface area contributed by atoms with E-state index < -0.39 is 5.97 Å². The molecule has 0 atom stereocenters. The van der Waals surface area contributed by atoms with Gasteiger partial charge < -0.3 is 15.3 Å². The first-order chi connectivity index (χ1) is 11.5. The third-order valence-electron chi connectivity index (χ3n) is 4.86. The van der Waals surface area contributed by atoms with Crippen LogP contribution in [0.3, 0.4) is 0 Å². The zero-order chi connectivity index (χ0) is 17.3. The molecule has 0 aromatic heterocycles. The van der Waals surface area contributed by atoms with E-state index in [-0.39, 0.29) is 23.3 Å². The number of aromatic hydroxyl groups is 2. The number of aromatic carboxylic acids is 1. The average molecular weight is 347 g/mol. The Kier molecular flexibility index (Phi) is 4.67. The SMILES string of the molecule is O=C(O)c1ccc(Cl)cc1C1CCC(c2ccc(O)cc2O)CC1. The lowest BCUT2D eigenvalue weighted by atomic mass is 9.75. The molecule has 3 N–H and O–H groups in total. The molecule has 1 aliphatic carbocycles. The third-order valence-corrected chi connectivity index (χ3v) is 5.10. The first kappa shape index (κ1) is 16.7. The summed E-state index contributed by atoms with van der Waals surface area (Å²) in [7, 11) is 0. The van der Waals surface area contributed by atoms with Crippen molar-refractivity contribution in [3.8, 4) is 11.5 Å². The summed E-state index contributed by atoms with van der Waals surface area (Å²) < 4.78 is 0. The molecule has 24 heavy (non-hydrogen) atoms. The molecule has 0 radical (unpaired) electrons. The van der Waals surface area contributed by atoms with Gasteiger partial charge in [-0.15, -0.1) is 0 Å². The van der Waals surface area contributed by atoms with E-state index in [1.54, 1.807) is 30.3 Å². The molecule has 2 aromatic carbocycles. The Balaban J connectivity index is 1.78. The predicted octanol–water partition coefficient (Wildman–Crippen LogP) is 4.89. The fraction of sp³-hybridized carbons (Fsp3) is 0.316. The summed E-state index contributed by atoms with van der Waals surface area (Å²) >= 11 is 6.05. The van der Waals surface area contributed by atoms with Gasteiger partial charge in [0.25, 0.3) is 0 Å². The van der Waals surface area contributed by atoms with Gasteiger partial charge in [0.1, 0.15) is 11.5 Å². The molecule has 4 nitrogen and oxygen atoms in total. The molecule has 0 spiro atoms. The minimum atomic E-state index is -0.931. The summed E-state index contributed by atoms with van der Waals surface area (Å²) in [6.07, 6.45) is 3.39. The Morgan fingerprint density at radius 3 is 2.12 bits per heavy atom. The van der Waals surface area contributed by atoms with Crippen LogP contribution in [0.25, 0.3) is 0 Å². The predicted molar refractivity (Wildman–Crippen MR) is 92.1 cm³/mol. The number of hydrogen-bond donors (Lipinski definition) is 3. The number of carbonyl (C=O) groups is 1. The van der Waals surface area contributed by atoms with Gasteiger partial charge >= 0.3 is 5.97 Å². The molecule has 0 saturated heterocycles. The summed E-state index contributed by atoms with van der Waals surface area (Å²) in [5.74, 6) is -0.387. The maximum atomic E-state index is 11.4. The van der Waals surface area contributed by atoms with Crippen molar-refractivity contribution >= 4 is 17.6 Å². The van der Waals surface area contributed by atoms with Crippen LogP contribution < -0.4 is 0 Å². The highest BCUT2D eigenvalue weighted by Gasteiger charge is 2.27. The van der Waals surface area contributed by atoms with Gasteiger partial charge in [0.2, 0.25) is 0 Å². The van der Waals surface area contributed by atoms with Crippen LogP contribution in [-0.2, 0) is 0 Å². The monoisotopic (exact) mass is 346 g/mol. The molecule has 1 fully saturated rings. The Labute approximate surface area is 145 Å². The molecule has 3 rings (SSSR count). The van der Waals surface area contributed by atoms with Gasteiger partial charge in [-0.1, -0.05) is 17.7 Å². The Hall–Kier alpha value is -2.20. The number of hydrogen-bond acceptors (Lipinski definition) is 3. The van der Waals surface area contributed by atoms with Crippen LogP contribution in [0, 0.1) is 0 Å². The molecule has 1 aliphatic rings. The zero-order valence-corrected chi connectivity index (χ0v) is 13.8. The minimum absolute atomic E-state index is 0.0509. The van der Waals surface area contributed by atoms with Crippen LogP contribution in [0.15, 0.2) is 36.4 Å². The smallest absolute Gasteiger partial charge is 0.335 e. The van der Waals surface area contributed by atoms with E-state index in [4.69, 9.17) is 11.6 Å². The van der Waals surface area contributed by atoms with E-state index >= 15 is 0 Å². The second kappa shape index (κ2) is 6.73. The molecule has 1 saturated carbocycles. The number of benzene rings is 2. The van der Waals surface area contributed by atoms with Crippen molar-refractivity contribution < 1.29 is 20.1 Å². The van der Waals surface area contributed by atoms with Crippen molar-refractivity contribution in [2.24, 2.45) is 0 Å². The highest BCUT2D eigenvalue weighted by atomic mass is 35.5. The van der Waals surface area contributed by atoms with Crippen LogP contribution in [0.1, 0.15) is 59.0 Å². The lowest BCUT2D eigenvalue weighted by Gasteiger charge is -2.30. The van der Waals surface area contributed by atoms with Crippen LogP contribution in [0.5, 0.6) is 11.5 Å². The summed E-state index contributed by atoms with van der Waals surface area (Å²) in [6, 6.07) is 9.64. The van der Waals surface area contributed by atoms with Gasteiger partial charge in [0.15, 0.2) is 0 Å². The molecule has 0 heterocycles. The van der Waals surface area contributed by atoms with Gasteiger partial charge in [-0.05, 0) is 72.9 Å². The quantitative estimate of drug-likeness (QED) is 0.739. The van der Waals surface area contributed by atoms with Crippen molar-refractivity contribution in [1.82, 2.24) is 0 Å². The number of halogens is 1. The van der Waals surface area contributed by atoms with E-state index in [0.717, 1.165) is 36.8 Å². The molecule has 126 valence electrons. The minimum Gasteiger partial charge on any atom is -0.508 e. The van der Waals surface area contributed by atoms with Gasteiger partial charge in [-0.3, -0.25) is 0 Å². The molecular weight excluding hydrogens is 328 g/mol. The number of carboxylic acid groups (broad SMARTS) is 1. The van der Waals surface area contributed by atoms with E-state index in [1.165, 1.54) is 6.07 Å². The first-order valence-electron chi connectivity index (χ1n) is 8.00. The maximum Gasteiger partial charge on any atom is 0.335 e.